The minimum atomic E-state index is -0.679. The van der Waals surface area contributed by atoms with Crippen LogP contribution in [0.25, 0.3) is 0 Å². The highest BCUT2D eigenvalue weighted by Gasteiger charge is 2.20. The summed E-state index contributed by atoms with van der Waals surface area (Å²) >= 11 is 0. The average Bonchev–Trinajstić information content (AvgIpc) is 3.11. The number of methoxy groups -OCH3 is 1. The third-order valence-corrected chi connectivity index (χ3v) is 4.07. The maximum absolute atomic E-state index is 12.6. The van der Waals surface area contributed by atoms with Crippen LogP contribution in [-0.4, -0.2) is 23.4 Å². The van der Waals surface area contributed by atoms with Gasteiger partial charge >= 0.3 is 0 Å². The van der Waals surface area contributed by atoms with Crippen molar-refractivity contribution < 1.29 is 14.3 Å². The van der Waals surface area contributed by atoms with Crippen molar-refractivity contribution in [1.82, 2.24) is 4.57 Å². The zero-order chi connectivity index (χ0) is 18.5. The van der Waals surface area contributed by atoms with Crippen LogP contribution in [0.2, 0.25) is 0 Å². The summed E-state index contributed by atoms with van der Waals surface area (Å²) in [7, 11) is 1.55. The minimum Gasteiger partial charge on any atom is -0.497 e. The molecule has 3 rings (SSSR count). The lowest BCUT2D eigenvalue weighted by Gasteiger charge is -2.10. The Morgan fingerprint density at radius 1 is 1.04 bits per heavy atom. The molecule has 0 unspecified atom stereocenters. The second-order valence-corrected chi connectivity index (χ2v) is 6.02. The molecule has 0 aliphatic carbocycles. The molecule has 132 valence electrons. The van der Waals surface area contributed by atoms with Gasteiger partial charge in [0, 0.05) is 24.5 Å². The number of rotatable bonds is 6. The third kappa shape index (κ3) is 4.00. The Balaban J connectivity index is 1.74. The van der Waals surface area contributed by atoms with Gasteiger partial charge in [0.1, 0.15) is 5.75 Å². The Kier molecular flexibility index (Phi) is 5.17. The van der Waals surface area contributed by atoms with E-state index in [1.165, 1.54) is 5.56 Å². The number of hydrogen-bond donors (Lipinski definition) is 1. The van der Waals surface area contributed by atoms with E-state index in [4.69, 9.17) is 4.74 Å². The van der Waals surface area contributed by atoms with E-state index in [2.05, 4.69) is 5.32 Å². The normalized spacial score (nSPS) is 10.4. The van der Waals surface area contributed by atoms with Gasteiger partial charge in [-0.25, -0.2) is 0 Å². The number of aromatic nitrogens is 1. The summed E-state index contributed by atoms with van der Waals surface area (Å²) in [5.74, 6) is -0.648. The fraction of sp³-hybridized carbons (Fsp3) is 0.143. The number of amides is 1. The number of anilines is 1. The van der Waals surface area contributed by atoms with Gasteiger partial charge in [0.2, 0.25) is 0 Å². The highest BCUT2D eigenvalue weighted by Crippen LogP contribution is 2.17. The molecule has 0 spiro atoms. The lowest BCUT2D eigenvalue weighted by atomic mass is 10.1. The van der Waals surface area contributed by atoms with E-state index in [-0.39, 0.29) is 0 Å². The molecule has 5 heteroatoms. The number of ketones is 1. The smallest absolute Gasteiger partial charge is 0.298 e. The summed E-state index contributed by atoms with van der Waals surface area (Å²) in [6, 6.07) is 18.4. The molecule has 0 radical (unpaired) electrons. The average molecular weight is 348 g/mol. The molecule has 1 aromatic heterocycles. The first-order valence-corrected chi connectivity index (χ1v) is 8.27. The van der Waals surface area contributed by atoms with E-state index in [1.807, 2.05) is 31.2 Å². The maximum atomic E-state index is 12.6. The number of Topliss-reactive ketones (excluding diaryl/α,β-unsaturated/α-hetero) is 1. The first kappa shape index (κ1) is 17.5. The van der Waals surface area contributed by atoms with Gasteiger partial charge in [-0.3, -0.25) is 9.59 Å². The first-order chi connectivity index (χ1) is 12.6. The van der Waals surface area contributed by atoms with Crippen molar-refractivity contribution in [2.75, 3.05) is 12.4 Å². The number of ether oxygens (including phenoxy) is 1. The molecule has 0 aliphatic rings. The van der Waals surface area contributed by atoms with Gasteiger partial charge in [-0.1, -0.05) is 35.9 Å². The summed E-state index contributed by atoms with van der Waals surface area (Å²) < 4.78 is 6.90. The SMILES string of the molecule is COc1cccc(NC(=O)C(=O)c2cccn2Cc2ccc(C)cc2)c1. The number of carbonyl (C=O) groups excluding carboxylic acids is 2. The summed E-state index contributed by atoms with van der Waals surface area (Å²) in [6.07, 6.45) is 1.80. The number of benzene rings is 2. The highest BCUT2D eigenvalue weighted by molar-refractivity contribution is 6.46. The highest BCUT2D eigenvalue weighted by atomic mass is 16.5. The predicted molar refractivity (Wildman–Crippen MR) is 101 cm³/mol. The van der Waals surface area contributed by atoms with Crippen molar-refractivity contribution in [3.63, 3.8) is 0 Å². The van der Waals surface area contributed by atoms with Crippen molar-refractivity contribution in [2.45, 2.75) is 13.5 Å². The molecular formula is C21H20N2O3. The molecule has 26 heavy (non-hydrogen) atoms. The fourth-order valence-electron chi connectivity index (χ4n) is 2.65. The van der Waals surface area contributed by atoms with E-state index >= 15 is 0 Å². The molecule has 5 nitrogen and oxygen atoms in total. The van der Waals surface area contributed by atoms with Crippen LogP contribution in [0.3, 0.4) is 0 Å². The van der Waals surface area contributed by atoms with E-state index in [0.717, 1.165) is 5.56 Å². The number of carbonyl (C=O) groups is 2. The van der Waals surface area contributed by atoms with Crippen LogP contribution in [-0.2, 0) is 11.3 Å². The third-order valence-electron chi connectivity index (χ3n) is 4.07. The van der Waals surface area contributed by atoms with Gasteiger partial charge in [-0.15, -0.1) is 0 Å². The largest absolute Gasteiger partial charge is 0.497 e. The predicted octanol–water partition coefficient (Wildman–Crippen LogP) is 3.67. The molecular weight excluding hydrogens is 328 g/mol. The lowest BCUT2D eigenvalue weighted by molar-refractivity contribution is -0.112. The van der Waals surface area contributed by atoms with Crippen molar-refractivity contribution in [3.8, 4) is 5.75 Å². The summed E-state index contributed by atoms with van der Waals surface area (Å²) in [5, 5.41) is 2.62. The van der Waals surface area contributed by atoms with E-state index in [0.29, 0.717) is 23.7 Å². The van der Waals surface area contributed by atoms with Gasteiger partial charge in [-0.2, -0.15) is 0 Å². The number of nitrogens with zero attached hydrogens (tertiary/aromatic N) is 1. The maximum Gasteiger partial charge on any atom is 0.298 e. The fourth-order valence-corrected chi connectivity index (χ4v) is 2.65. The Morgan fingerprint density at radius 3 is 2.54 bits per heavy atom. The van der Waals surface area contributed by atoms with Gasteiger partial charge < -0.3 is 14.6 Å². The first-order valence-electron chi connectivity index (χ1n) is 8.27. The van der Waals surface area contributed by atoms with E-state index in [1.54, 1.807) is 54.3 Å². The molecule has 0 bridgehead atoms. The van der Waals surface area contributed by atoms with Crippen LogP contribution in [0, 0.1) is 6.92 Å². The lowest BCUT2D eigenvalue weighted by Crippen LogP contribution is -2.25. The van der Waals surface area contributed by atoms with Crippen LogP contribution in [0.15, 0.2) is 66.9 Å². The molecule has 1 amide bonds. The zero-order valence-corrected chi connectivity index (χ0v) is 14.7. The Hall–Kier alpha value is -3.34. The number of aryl methyl sites for hydroxylation is 1. The molecule has 1 N–H and O–H groups in total. The molecule has 2 aromatic carbocycles. The Morgan fingerprint density at radius 2 is 1.81 bits per heavy atom. The monoisotopic (exact) mass is 348 g/mol. The number of hydrogen-bond acceptors (Lipinski definition) is 3. The van der Waals surface area contributed by atoms with Crippen molar-refractivity contribution in [1.29, 1.82) is 0 Å². The second kappa shape index (κ2) is 7.70. The molecule has 3 aromatic rings. The number of nitrogens with one attached hydrogen (secondary N) is 1. The summed E-state index contributed by atoms with van der Waals surface area (Å²) in [5.41, 5.74) is 3.11. The van der Waals surface area contributed by atoms with Crippen LogP contribution in [0.5, 0.6) is 5.75 Å². The van der Waals surface area contributed by atoms with Gasteiger partial charge in [-0.05, 0) is 36.8 Å². The second-order valence-electron chi connectivity index (χ2n) is 6.02. The van der Waals surface area contributed by atoms with Crippen LogP contribution >= 0.6 is 0 Å². The molecule has 0 saturated heterocycles. The molecule has 0 atom stereocenters. The Labute approximate surface area is 152 Å². The summed E-state index contributed by atoms with van der Waals surface area (Å²) in [6.45, 7) is 2.55. The molecule has 0 saturated carbocycles. The van der Waals surface area contributed by atoms with Crippen molar-refractivity contribution in [3.05, 3.63) is 83.7 Å². The van der Waals surface area contributed by atoms with Crippen LogP contribution in [0.4, 0.5) is 5.69 Å². The standard InChI is InChI=1S/C21H20N2O3/c1-15-8-10-16(11-9-15)14-23-12-4-7-19(23)20(24)21(25)22-17-5-3-6-18(13-17)26-2/h3-13H,14H2,1-2H3,(H,22,25). The van der Waals surface area contributed by atoms with Crippen molar-refractivity contribution in [2.24, 2.45) is 0 Å². The van der Waals surface area contributed by atoms with Gasteiger partial charge in [0.15, 0.2) is 0 Å². The quantitative estimate of drug-likeness (QED) is 0.546. The van der Waals surface area contributed by atoms with Crippen LogP contribution < -0.4 is 10.1 Å². The Bertz CT molecular complexity index is 926. The molecule has 1 heterocycles. The van der Waals surface area contributed by atoms with Gasteiger partial charge in [0.25, 0.3) is 11.7 Å². The molecule has 0 fully saturated rings. The van der Waals surface area contributed by atoms with Gasteiger partial charge in [0.05, 0.1) is 12.8 Å². The van der Waals surface area contributed by atoms with E-state index < -0.39 is 11.7 Å². The summed E-state index contributed by atoms with van der Waals surface area (Å²) in [4.78, 5) is 24.9. The van der Waals surface area contributed by atoms with E-state index in [9.17, 15) is 9.59 Å². The topological polar surface area (TPSA) is 60.3 Å². The molecule has 0 aliphatic heterocycles. The zero-order valence-electron chi connectivity index (χ0n) is 14.7. The van der Waals surface area contributed by atoms with Crippen molar-refractivity contribution >= 4 is 17.4 Å². The minimum absolute atomic E-state index is 0.353. The van der Waals surface area contributed by atoms with Crippen LogP contribution in [0.1, 0.15) is 21.6 Å².